The minimum absolute atomic E-state index is 0.203. The Morgan fingerprint density at radius 2 is 2.25 bits per heavy atom. The van der Waals surface area contributed by atoms with Crippen LogP contribution in [0.4, 0.5) is 10.2 Å². The Hall–Kier alpha value is -1.75. The minimum Gasteiger partial charge on any atom is -0.377 e. The smallest absolute Gasteiger partial charge is 0.242 e. The van der Waals surface area contributed by atoms with E-state index in [0.717, 1.165) is 23.6 Å². The number of hydrogen-bond acceptors (Lipinski definition) is 5. The van der Waals surface area contributed by atoms with Crippen LogP contribution in [0.1, 0.15) is 6.92 Å². The van der Waals surface area contributed by atoms with Gasteiger partial charge < -0.3 is 9.64 Å². The number of imidazole rings is 1. The van der Waals surface area contributed by atoms with Gasteiger partial charge in [-0.2, -0.15) is 14.5 Å². The van der Waals surface area contributed by atoms with Crippen LogP contribution in [-0.2, 0) is 11.8 Å². The summed E-state index contributed by atoms with van der Waals surface area (Å²) < 4.78 is 23.7. The van der Waals surface area contributed by atoms with Crippen molar-refractivity contribution in [1.82, 2.24) is 24.4 Å². The van der Waals surface area contributed by atoms with E-state index in [1.807, 2.05) is 41.8 Å². The Balaban J connectivity index is 1.97. The highest BCUT2D eigenvalue weighted by Crippen LogP contribution is 2.31. The summed E-state index contributed by atoms with van der Waals surface area (Å²) in [5, 5.41) is 8.82. The molecule has 0 bridgehead atoms. The predicted molar refractivity (Wildman–Crippen MR) is 95.5 cm³/mol. The molecule has 0 saturated carbocycles. The lowest BCUT2D eigenvalue weighted by Gasteiger charge is -2.34. The molecule has 4 rings (SSSR count). The van der Waals surface area contributed by atoms with Gasteiger partial charge in [0.15, 0.2) is 9.65 Å². The largest absolute Gasteiger partial charge is 0.377 e. The van der Waals surface area contributed by atoms with Gasteiger partial charge in [-0.3, -0.25) is 4.68 Å². The molecule has 0 N–H and O–H groups in total. The number of anilines is 1. The van der Waals surface area contributed by atoms with Gasteiger partial charge in [0, 0.05) is 47.9 Å². The summed E-state index contributed by atoms with van der Waals surface area (Å²) in [4.78, 5) is 6.12. The summed E-state index contributed by atoms with van der Waals surface area (Å²) in [6.45, 7) is 4.14. The summed E-state index contributed by atoms with van der Waals surface area (Å²) in [5.74, 6) is 0.259. The van der Waals surface area contributed by atoms with Crippen molar-refractivity contribution in [3.05, 3.63) is 28.1 Å². The van der Waals surface area contributed by atoms with Crippen LogP contribution in [0.15, 0.2) is 18.3 Å². The van der Waals surface area contributed by atoms with E-state index in [-0.39, 0.29) is 6.04 Å². The second-order valence-corrected chi connectivity index (χ2v) is 6.77. The fraction of sp³-hybridized carbons (Fsp3) is 0.400. The number of rotatable bonds is 2. The SMILES string of the molecule is CC1COCCN1c1cc(-c2ccnn2C)c2c(F)nc(I)n2n1. The van der Waals surface area contributed by atoms with E-state index in [1.165, 1.54) is 0 Å². The van der Waals surface area contributed by atoms with E-state index in [4.69, 9.17) is 4.74 Å². The van der Waals surface area contributed by atoms with Crippen molar-refractivity contribution in [1.29, 1.82) is 0 Å². The molecule has 4 heterocycles. The Kier molecular flexibility index (Phi) is 3.91. The zero-order valence-electron chi connectivity index (χ0n) is 13.3. The summed E-state index contributed by atoms with van der Waals surface area (Å²) in [6.07, 6.45) is 1.70. The maximum atomic E-state index is 14.4. The Morgan fingerprint density at radius 3 is 2.96 bits per heavy atom. The molecule has 0 aliphatic carbocycles. The first-order chi connectivity index (χ1) is 11.6. The van der Waals surface area contributed by atoms with E-state index in [1.54, 1.807) is 15.4 Å². The van der Waals surface area contributed by atoms with Gasteiger partial charge in [0.05, 0.1) is 24.9 Å². The van der Waals surface area contributed by atoms with Crippen LogP contribution >= 0.6 is 22.6 Å². The van der Waals surface area contributed by atoms with Gasteiger partial charge in [-0.25, -0.2) is 4.52 Å². The van der Waals surface area contributed by atoms with Crippen molar-refractivity contribution in [3.8, 4) is 11.3 Å². The molecule has 7 nitrogen and oxygen atoms in total. The number of morpholine rings is 1. The van der Waals surface area contributed by atoms with Crippen molar-refractivity contribution in [2.24, 2.45) is 7.05 Å². The summed E-state index contributed by atoms with van der Waals surface area (Å²) in [7, 11) is 1.84. The third-order valence-corrected chi connectivity index (χ3v) is 4.96. The van der Waals surface area contributed by atoms with Gasteiger partial charge in [0.2, 0.25) is 5.95 Å². The maximum Gasteiger partial charge on any atom is 0.242 e. The Morgan fingerprint density at radius 1 is 1.42 bits per heavy atom. The van der Waals surface area contributed by atoms with Crippen LogP contribution in [0.2, 0.25) is 0 Å². The predicted octanol–water partition coefficient (Wildman–Crippen LogP) is 2.10. The van der Waals surface area contributed by atoms with E-state index in [0.29, 0.717) is 22.6 Å². The standard InChI is InChI=1S/C15H16FIN6O/c1-9-8-24-6-5-22(9)12-7-10(11-3-4-18-21(11)2)13-14(16)19-15(17)23(13)20-12/h3-4,7,9H,5-6,8H2,1-2H3. The highest BCUT2D eigenvalue weighted by atomic mass is 127. The molecule has 1 saturated heterocycles. The molecule has 1 aliphatic rings. The van der Waals surface area contributed by atoms with Crippen molar-refractivity contribution in [3.63, 3.8) is 0 Å². The van der Waals surface area contributed by atoms with E-state index >= 15 is 0 Å². The number of ether oxygens (including phenoxy) is 1. The molecule has 9 heteroatoms. The number of aromatic nitrogens is 5. The maximum absolute atomic E-state index is 14.4. The van der Waals surface area contributed by atoms with Crippen molar-refractivity contribution >= 4 is 33.9 Å². The monoisotopic (exact) mass is 442 g/mol. The lowest BCUT2D eigenvalue weighted by atomic mass is 10.1. The average Bonchev–Trinajstić information content (AvgIpc) is 3.11. The second-order valence-electron chi connectivity index (χ2n) is 5.81. The van der Waals surface area contributed by atoms with E-state index in [2.05, 4.69) is 27.0 Å². The molecule has 3 aromatic heterocycles. The highest BCUT2D eigenvalue weighted by molar-refractivity contribution is 14.1. The van der Waals surface area contributed by atoms with Crippen LogP contribution < -0.4 is 4.90 Å². The van der Waals surface area contributed by atoms with E-state index in [9.17, 15) is 4.39 Å². The number of nitrogens with zero attached hydrogens (tertiary/aromatic N) is 6. The van der Waals surface area contributed by atoms with Crippen LogP contribution in [0.5, 0.6) is 0 Å². The third kappa shape index (κ3) is 2.46. The van der Waals surface area contributed by atoms with Crippen LogP contribution in [0.25, 0.3) is 16.8 Å². The molecule has 3 aromatic rings. The Labute approximate surface area is 151 Å². The van der Waals surface area contributed by atoms with Gasteiger partial charge in [-0.1, -0.05) is 0 Å². The van der Waals surface area contributed by atoms with Gasteiger partial charge in [0.25, 0.3) is 0 Å². The van der Waals surface area contributed by atoms with Gasteiger partial charge in [0.1, 0.15) is 5.52 Å². The molecule has 1 atom stereocenters. The molecule has 1 fully saturated rings. The highest BCUT2D eigenvalue weighted by Gasteiger charge is 2.25. The van der Waals surface area contributed by atoms with Gasteiger partial charge in [-0.15, -0.1) is 5.10 Å². The minimum atomic E-state index is -0.523. The normalized spacial score (nSPS) is 18.5. The lowest BCUT2D eigenvalue weighted by Crippen LogP contribution is -2.44. The Bertz CT molecular complexity index is 907. The zero-order valence-corrected chi connectivity index (χ0v) is 15.4. The summed E-state index contributed by atoms with van der Waals surface area (Å²) in [6, 6.07) is 3.98. The van der Waals surface area contributed by atoms with Crippen LogP contribution in [0, 0.1) is 9.78 Å². The topological polar surface area (TPSA) is 60.5 Å². The third-order valence-electron chi connectivity index (χ3n) is 4.26. The first-order valence-corrected chi connectivity index (χ1v) is 8.71. The molecule has 126 valence electrons. The fourth-order valence-electron chi connectivity index (χ4n) is 3.05. The van der Waals surface area contributed by atoms with E-state index < -0.39 is 5.95 Å². The number of fused-ring (bicyclic) bond motifs is 1. The molecule has 0 aromatic carbocycles. The molecular weight excluding hydrogens is 426 g/mol. The number of halogens is 2. The first-order valence-electron chi connectivity index (χ1n) is 7.64. The van der Waals surface area contributed by atoms with Crippen molar-refractivity contribution < 1.29 is 9.13 Å². The molecule has 0 spiro atoms. The van der Waals surface area contributed by atoms with Gasteiger partial charge in [-0.05, 0) is 19.1 Å². The lowest BCUT2D eigenvalue weighted by molar-refractivity contribution is 0.0984. The van der Waals surface area contributed by atoms with Crippen molar-refractivity contribution in [2.75, 3.05) is 24.7 Å². The van der Waals surface area contributed by atoms with Gasteiger partial charge >= 0.3 is 0 Å². The molecule has 1 aliphatic heterocycles. The summed E-state index contributed by atoms with van der Waals surface area (Å²) in [5.41, 5.74) is 1.92. The number of hydrogen-bond donors (Lipinski definition) is 0. The molecule has 1 unspecified atom stereocenters. The average molecular weight is 442 g/mol. The van der Waals surface area contributed by atoms with Crippen molar-refractivity contribution in [2.45, 2.75) is 13.0 Å². The first kappa shape index (κ1) is 15.8. The molecular formula is C15H16FIN6O. The second kappa shape index (κ2) is 5.96. The van der Waals surface area contributed by atoms with Crippen LogP contribution in [0.3, 0.4) is 0 Å². The number of aryl methyl sites for hydroxylation is 1. The fourth-order valence-corrected chi connectivity index (χ4v) is 3.61. The van der Waals surface area contributed by atoms with Crippen LogP contribution in [-0.4, -0.2) is 50.2 Å². The quantitative estimate of drug-likeness (QED) is 0.570. The molecule has 0 amide bonds. The molecule has 24 heavy (non-hydrogen) atoms. The summed E-state index contributed by atoms with van der Waals surface area (Å²) >= 11 is 2.00. The molecule has 0 radical (unpaired) electrons. The zero-order chi connectivity index (χ0) is 16.8.